The molecule has 2 aromatic carbocycles. The Kier molecular flexibility index (Phi) is 5.40. The fraction of sp³-hybridized carbons (Fsp3) is 0.250. The number of carbonyl (C=O) groups excluding carboxylic acids is 3. The number of likely N-dealkylation sites (tertiary alicyclic amines) is 1. The Morgan fingerprint density at radius 3 is 2.26 bits per heavy atom. The van der Waals surface area contributed by atoms with Crippen LogP contribution in [0.25, 0.3) is 0 Å². The van der Waals surface area contributed by atoms with Crippen LogP contribution in [0, 0.1) is 0 Å². The molecule has 0 atom stereocenters. The fourth-order valence-corrected chi connectivity index (χ4v) is 2.84. The van der Waals surface area contributed by atoms with Crippen molar-refractivity contribution in [2.45, 2.75) is 19.4 Å². The Morgan fingerprint density at radius 2 is 1.67 bits per heavy atom. The molecule has 1 fully saturated rings. The zero-order valence-electron chi connectivity index (χ0n) is 15.2. The molecule has 0 unspecified atom stereocenters. The third-order valence-corrected chi connectivity index (χ3v) is 4.37. The van der Waals surface area contributed by atoms with Crippen LogP contribution in [0.3, 0.4) is 0 Å². The number of hydrogen-bond acceptors (Lipinski definition) is 5. The van der Waals surface area contributed by atoms with E-state index in [0.717, 1.165) is 5.56 Å². The predicted molar refractivity (Wildman–Crippen MR) is 98.7 cm³/mol. The highest BCUT2D eigenvalue weighted by molar-refractivity contribution is 6.05. The average Bonchev–Trinajstić information content (AvgIpc) is 3.00. The lowest BCUT2D eigenvalue weighted by Gasteiger charge is -2.14. The zero-order chi connectivity index (χ0) is 19.4. The van der Waals surface area contributed by atoms with E-state index in [1.807, 2.05) is 0 Å². The molecule has 1 heterocycles. The van der Waals surface area contributed by atoms with Crippen LogP contribution in [-0.4, -0.2) is 36.8 Å². The van der Waals surface area contributed by atoms with Gasteiger partial charge in [-0.05, 0) is 29.8 Å². The van der Waals surface area contributed by atoms with Crippen molar-refractivity contribution in [1.29, 1.82) is 0 Å². The molecule has 1 N–H and O–H groups in total. The third kappa shape index (κ3) is 4.08. The highest BCUT2D eigenvalue weighted by atomic mass is 16.5. The lowest BCUT2D eigenvalue weighted by molar-refractivity contribution is -0.139. The van der Waals surface area contributed by atoms with Gasteiger partial charge in [-0.15, -0.1) is 0 Å². The molecule has 0 aromatic heterocycles. The van der Waals surface area contributed by atoms with Crippen LogP contribution in [0.15, 0.2) is 42.5 Å². The third-order valence-electron chi connectivity index (χ3n) is 4.37. The first-order valence-electron chi connectivity index (χ1n) is 8.47. The molecule has 1 saturated heterocycles. The number of anilines is 1. The molecule has 7 nitrogen and oxygen atoms in total. The maximum absolute atomic E-state index is 12.5. The number of hydrogen-bond donors (Lipinski definition) is 1. The summed E-state index contributed by atoms with van der Waals surface area (Å²) in [6, 6.07) is 11.9. The van der Waals surface area contributed by atoms with Crippen molar-refractivity contribution < 1.29 is 23.9 Å². The van der Waals surface area contributed by atoms with Crippen molar-refractivity contribution >= 4 is 23.4 Å². The molecule has 3 rings (SSSR count). The second-order valence-electron chi connectivity index (χ2n) is 6.09. The standard InChI is InChI=1S/C20H20N2O5/c1-26-15-7-8-16(17(11-15)27-2)21-20(25)14-5-3-13(4-6-14)12-22-18(23)9-10-19(22)24/h3-8,11H,9-10,12H2,1-2H3,(H,21,25). The Hall–Kier alpha value is -3.35. The minimum Gasteiger partial charge on any atom is -0.497 e. The second kappa shape index (κ2) is 7.90. The zero-order valence-corrected chi connectivity index (χ0v) is 15.2. The Bertz CT molecular complexity index is 860. The van der Waals surface area contributed by atoms with E-state index in [4.69, 9.17) is 9.47 Å². The van der Waals surface area contributed by atoms with E-state index in [1.54, 1.807) is 49.6 Å². The topological polar surface area (TPSA) is 84.9 Å². The van der Waals surface area contributed by atoms with Gasteiger partial charge in [-0.2, -0.15) is 0 Å². The summed E-state index contributed by atoms with van der Waals surface area (Å²) in [5.74, 6) is 0.505. The van der Waals surface area contributed by atoms with Crippen LogP contribution >= 0.6 is 0 Å². The summed E-state index contributed by atoms with van der Waals surface area (Å²) >= 11 is 0. The minimum atomic E-state index is -0.293. The summed E-state index contributed by atoms with van der Waals surface area (Å²) in [7, 11) is 3.07. The van der Waals surface area contributed by atoms with Gasteiger partial charge in [0.1, 0.15) is 11.5 Å². The average molecular weight is 368 g/mol. The summed E-state index contributed by atoms with van der Waals surface area (Å²) < 4.78 is 10.4. The van der Waals surface area contributed by atoms with E-state index in [9.17, 15) is 14.4 Å². The maximum atomic E-state index is 12.5. The first kappa shape index (κ1) is 18.4. The van der Waals surface area contributed by atoms with Crippen LogP contribution < -0.4 is 14.8 Å². The molecule has 0 aliphatic carbocycles. The number of benzene rings is 2. The van der Waals surface area contributed by atoms with Gasteiger partial charge in [0, 0.05) is 24.5 Å². The SMILES string of the molecule is COc1ccc(NC(=O)c2ccc(CN3C(=O)CCC3=O)cc2)c(OC)c1. The van der Waals surface area contributed by atoms with Crippen molar-refractivity contribution in [3.8, 4) is 11.5 Å². The van der Waals surface area contributed by atoms with Gasteiger partial charge in [-0.1, -0.05) is 12.1 Å². The molecule has 0 bridgehead atoms. The maximum Gasteiger partial charge on any atom is 0.255 e. The summed E-state index contributed by atoms with van der Waals surface area (Å²) in [6.45, 7) is 0.228. The van der Waals surface area contributed by atoms with Crippen LogP contribution in [0.2, 0.25) is 0 Å². The van der Waals surface area contributed by atoms with Crippen molar-refractivity contribution in [2.24, 2.45) is 0 Å². The fourth-order valence-electron chi connectivity index (χ4n) is 2.84. The van der Waals surface area contributed by atoms with Gasteiger partial charge in [0.25, 0.3) is 5.91 Å². The predicted octanol–water partition coefficient (Wildman–Crippen LogP) is 2.61. The van der Waals surface area contributed by atoms with E-state index in [2.05, 4.69) is 5.32 Å². The first-order valence-corrected chi connectivity index (χ1v) is 8.47. The quantitative estimate of drug-likeness (QED) is 0.792. The molecule has 1 aliphatic heterocycles. The Balaban J connectivity index is 1.69. The Labute approximate surface area is 156 Å². The monoisotopic (exact) mass is 368 g/mol. The van der Waals surface area contributed by atoms with Crippen LogP contribution in [0.4, 0.5) is 5.69 Å². The highest BCUT2D eigenvalue weighted by Crippen LogP contribution is 2.29. The normalized spacial score (nSPS) is 13.6. The molecular formula is C20H20N2O5. The first-order chi connectivity index (χ1) is 13.0. The summed E-state index contributed by atoms with van der Waals surface area (Å²) in [5, 5.41) is 2.80. The molecule has 0 radical (unpaired) electrons. The van der Waals surface area contributed by atoms with Crippen molar-refractivity contribution in [1.82, 2.24) is 4.90 Å². The van der Waals surface area contributed by atoms with Gasteiger partial charge < -0.3 is 14.8 Å². The van der Waals surface area contributed by atoms with Gasteiger partial charge in [0.15, 0.2) is 0 Å². The summed E-state index contributed by atoms with van der Waals surface area (Å²) in [4.78, 5) is 37.1. The number of carbonyl (C=O) groups is 3. The minimum absolute atomic E-state index is 0.159. The van der Waals surface area contributed by atoms with Crippen molar-refractivity contribution in [3.63, 3.8) is 0 Å². The molecule has 2 aromatic rings. The molecule has 1 aliphatic rings. The molecule has 7 heteroatoms. The molecule has 27 heavy (non-hydrogen) atoms. The number of amides is 3. The van der Waals surface area contributed by atoms with E-state index in [0.29, 0.717) is 22.7 Å². The van der Waals surface area contributed by atoms with E-state index in [1.165, 1.54) is 12.0 Å². The smallest absolute Gasteiger partial charge is 0.255 e. The summed E-state index contributed by atoms with van der Waals surface area (Å²) in [6.07, 6.45) is 0.534. The van der Waals surface area contributed by atoms with Crippen molar-refractivity contribution in [2.75, 3.05) is 19.5 Å². The Morgan fingerprint density at radius 1 is 1.00 bits per heavy atom. The number of imide groups is 1. The molecular weight excluding hydrogens is 348 g/mol. The van der Waals surface area contributed by atoms with Crippen molar-refractivity contribution in [3.05, 3.63) is 53.6 Å². The summed E-state index contributed by atoms with van der Waals surface area (Å²) in [5.41, 5.74) is 1.77. The molecule has 0 spiro atoms. The van der Waals surface area contributed by atoms with Gasteiger partial charge in [-0.25, -0.2) is 0 Å². The van der Waals surface area contributed by atoms with Crippen LogP contribution in [0.5, 0.6) is 11.5 Å². The van der Waals surface area contributed by atoms with E-state index in [-0.39, 0.29) is 37.1 Å². The second-order valence-corrected chi connectivity index (χ2v) is 6.09. The molecule has 3 amide bonds. The number of nitrogens with zero attached hydrogens (tertiary/aromatic N) is 1. The number of ether oxygens (including phenoxy) is 2. The lowest BCUT2D eigenvalue weighted by Crippen LogP contribution is -2.28. The van der Waals surface area contributed by atoms with Gasteiger partial charge in [0.05, 0.1) is 26.5 Å². The number of nitrogens with one attached hydrogen (secondary N) is 1. The van der Waals surface area contributed by atoms with Crippen LogP contribution in [-0.2, 0) is 16.1 Å². The largest absolute Gasteiger partial charge is 0.497 e. The molecule has 0 saturated carbocycles. The van der Waals surface area contributed by atoms with E-state index < -0.39 is 0 Å². The lowest BCUT2D eigenvalue weighted by atomic mass is 10.1. The van der Waals surface area contributed by atoms with Gasteiger partial charge in [-0.3, -0.25) is 19.3 Å². The van der Waals surface area contributed by atoms with Gasteiger partial charge in [0.2, 0.25) is 11.8 Å². The highest BCUT2D eigenvalue weighted by Gasteiger charge is 2.28. The molecule has 140 valence electrons. The number of methoxy groups -OCH3 is 2. The van der Waals surface area contributed by atoms with E-state index >= 15 is 0 Å². The number of rotatable bonds is 6. The van der Waals surface area contributed by atoms with Gasteiger partial charge >= 0.3 is 0 Å². The van der Waals surface area contributed by atoms with Crippen LogP contribution in [0.1, 0.15) is 28.8 Å².